The van der Waals surface area contributed by atoms with Gasteiger partial charge in [-0.1, -0.05) is 12.2 Å². The van der Waals surface area contributed by atoms with Gasteiger partial charge in [-0.25, -0.2) is 4.98 Å². The Morgan fingerprint density at radius 1 is 1.53 bits per heavy atom. The van der Waals surface area contributed by atoms with Gasteiger partial charge in [-0.3, -0.25) is 4.79 Å². The van der Waals surface area contributed by atoms with Crippen LogP contribution < -0.4 is 5.73 Å². The number of imidazole rings is 1. The molecule has 0 radical (unpaired) electrons. The van der Waals surface area contributed by atoms with Crippen LogP contribution in [0.3, 0.4) is 0 Å². The Morgan fingerprint density at radius 3 is 2.58 bits per heavy atom. The average molecular weight is 298 g/mol. The largest absolute Gasteiger partial charge is 0.392 e. The van der Waals surface area contributed by atoms with Gasteiger partial charge in [-0.05, 0) is 19.1 Å². The van der Waals surface area contributed by atoms with Crippen LogP contribution in [0.1, 0.15) is 23.3 Å². The van der Waals surface area contributed by atoms with Crippen LogP contribution in [0.25, 0.3) is 0 Å². The second-order valence-corrected chi connectivity index (χ2v) is 6.37. The minimum absolute atomic E-state index is 0.0256. The number of rotatable bonds is 3. The maximum atomic E-state index is 12.3. The van der Waals surface area contributed by atoms with E-state index in [-0.39, 0.29) is 10.7 Å². The molecule has 5 nitrogen and oxygen atoms in total. The maximum absolute atomic E-state index is 12.3. The van der Waals surface area contributed by atoms with Gasteiger partial charge in [0.2, 0.25) is 0 Å². The number of thioether (sulfide) groups is 1. The molecule has 0 aliphatic carbocycles. The van der Waals surface area contributed by atoms with Crippen LogP contribution in [0.2, 0.25) is 0 Å². The number of piperidine rings is 1. The minimum Gasteiger partial charge on any atom is -0.392 e. The van der Waals surface area contributed by atoms with Crippen molar-refractivity contribution in [2.45, 2.75) is 17.6 Å². The van der Waals surface area contributed by atoms with E-state index < -0.39 is 0 Å². The van der Waals surface area contributed by atoms with Gasteiger partial charge in [-0.2, -0.15) is 11.8 Å². The maximum Gasteiger partial charge on any atom is 0.272 e. The predicted molar refractivity (Wildman–Crippen MR) is 81.4 cm³/mol. The van der Waals surface area contributed by atoms with E-state index >= 15 is 0 Å². The van der Waals surface area contributed by atoms with E-state index in [4.69, 9.17) is 18.0 Å². The smallest absolute Gasteiger partial charge is 0.272 e. The highest BCUT2D eigenvalue weighted by Gasteiger charge is 2.38. The molecule has 0 aromatic carbocycles. The zero-order chi connectivity index (χ0) is 14.0. The Labute approximate surface area is 122 Å². The van der Waals surface area contributed by atoms with Crippen LogP contribution in [-0.2, 0) is 7.05 Å². The van der Waals surface area contributed by atoms with Crippen molar-refractivity contribution in [2.75, 3.05) is 19.3 Å². The van der Waals surface area contributed by atoms with E-state index in [2.05, 4.69) is 4.98 Å². The number of thiocarbonyl (C=S) groups is 1. The third kappa shape index (κ3) is 2.62. The lowest BCUT2D eigenvalue weighted by molar-refractivity contribution is 0.0709. The van der Waals surface area contributed by atoms with Crippen molar-refractivity contribution in [1.29, 1.82) is 0 Å². The summed E-state index contributed by atoms with van der Waals surface area (Å²) in [5.41, 5.74) is 6.46. The van der Waals surface area contributed by atoms with Crippen LogP contribution >= 0.6 is 24.0 Å². The molecule has 1 saturated heterocycles. The number of aromatic nitrogens is 2. The molecule has 0 atom stereocenters. The summed E-state index contributed by atoms with van der Waals surface area (Å²) in [5.74, 6) is 0.0256. The molecule has 19 heavy (non-hydrogen) atoms. The van der Waals surface area contributed by atoms with Crippen LogP contribution in [-0.4, -0.2) is 49.4 Å². The molecular weight excluding hydrogens is 280 g/mol. The van der Waals surface area contributed by atoms with Gasteiger partial charge in [0.1, 0.15) is 5.69 Å². The van der Waals surface area contributed by atoms with Crippen molar-refractivity contribution in [3.05, 3.63) is 18.2 Å². The number of aryl methyl sites for hydroxylation is 1. The van der Waals surface area contributed by atoms with Crippen molar-refractivity contribution in [3.8, 4) is 0 Å². The predicted octanol–water partition coefficient (Wildman–Crippen LogP) is 1.04. The summed E-state index contributed by atoms with van der Waals surface area (Å²) in [4.78, 5) is 18.7. The van der Waals surface area contributed by atoms with Crippen LogP contribution in [0.4, 0.5) is 0 Å². The van der Waals surface area contributed by atoms with Gasteiger partial charge in [0.25, 0.3) is 5.91 Å². The molecule has 2 N–H and O–H groups in total. The van der Waals surface area contributed by atoms with E-state index in [1.165, 1.54) is 0 Å². The fourth-order valence-corrected chi connectivity index (χ4v) is 3.59. The first-order chi connectivity index (χ1) is 9.00. The SMILES string of the molecule is CSC1(C(N)=S)CCN(C(=O)c2cncn2C)CC1. The van der Waals surface area contributed by atoms with E-state index in [1.807, 2.05) is 18.2 Å². The van der Waals surface area contributed by atoms with E-state index in [1.54, 1.807) is 28.9 Å². The second kappa shape index (κ2) is 5.50. The Kier molecular flexibility index (Phi) is 4.15. The molecule has 1 aliphatic heterocycles. The number of nitrogens with two attached hydrogens (primary N) is 1. The lowest BCUT2D eigenvalue weighted by atomic mass is 9.95. The molecule has 1 aromatic heterocycles. The van der Waals surface area contributed by atoms with E-state index in [0.29, 0.717) is 23.8 Å². The van der Waals surface area contributed by atoms with E-state index in [0.717, 1.165) is 12.8 Å². The standard InChI is InChI=1S/C12H18N4OS2/c1-15-8-14-7-9(15)10(17)16-5-3-12(19-2,4-6-16)11(13)18/h7-8H,3-6H2,1-2H3,(H2,13,18). The molecule has 7 heteroatoms. The molecule has 104 valence electrons. The number of carbonyl (C=O) groups is 1. The molecule has 0 saturated carbocycles. The number of likely N-dealkylation sites (tertiary alicyclic amines) is 1. The highest BCUT2D eigenvalue weighted by atomic mass is 32.2. The molecule has 2 rings (SSSR count). The average Bonchev–Trinajstić information content (AvgIpc) is 2.84. The summed E-state index contributed by atoms with van der Waals surface area (Å²) < 4.78 is 1.59. The van der Waals surface area contributed by atoms with Gasteiger partial charge in [-0.15, -0.1) is 0 Å². The monoisotopic (exact) mass is 298 g/mol. The highest BCUT2D eigenvalue weighted by molar-refractivity contribution is 8.02. The van der Waals surface area contributed by atoms with Gasteiger partial charge in [0, 0.05) is 20.1 Å². The number of hydrogen-bond donors (Lipinski definition) is 1. The molecule has 1 fully saturated rings. The molecular formula is C12H18N4OS2. The van der Waals surface area contributed by atoms with Crippen molar-refractivity contribution in [3.63, 3.8) is 0 Å². The third-order valence-corrected chi connectivity index (χ3v) is 5.66. The summed E-state index contributed by atoms with van der Waals surface area (Å²) >= 11 is 6.86. The number of hydrogen-bond acceptors (Lipinski definition) is 4. The Morgan fingerprint density at radius 2 is 2.16 bits per heavy atom. The topological polar surface area (TPSA) is 64.2 Å². The summed E-state index contributed by atoms with van der Waals surface area (Å²) in [6, 6.07) is 0. The summed E-state index contributed by atoms with van der Waals surface area (Å²) in [7, 11) is 1.82. The summed E-state index contributed by atoms with van der Waals surface area (Å²) in [6.07, 6.45) is 6.89. The van der Waals surface area contributed by atoms with Gasteiger partial charge >= 0.3 is 0 Å². The zero-order valence-corrected chi connectivity index (χ0v) is 12.8. The molecule has 1 aliphatic rings. The summed E-state index contributed by atoms with van der Waals surface area (Å²) in [6.45, 7) is 1.37. The van der Waals surface area contributed by atoms with Gasteiger partial charge in [0.05, 0.1) is 22.3 Å². The van der Waals surface area contributed by atoms with Crippen molar-refractivity contribution in [1.82, 2.24) is 14.5 Å². The molecule has 1 amide bonds. The first-order valence-corrected chi connectivity index (χ1v) is 7.74. The fourth-order valence-electron chi connectivity index (χ4n) is 2.35. The van der Waals surface area contributed by atoms with Crippen molar-refractivity contribution < 1.29 is 4.79 Å². The summed E-state index contributed by atoms with van der Waals surface area (Å²) in [5, 5.41) is 0. The van der Waals surface area contributed by atoms with E-state index in [9.17, 15) is 4.79 Å². The molecule has 2 heterocycles. The number of amides is 1. The van der Waals surface area contributed by atoms with Crippen molar-refractivity contribution in [2.24, 2.45) is 12.8 Å². The second-order valence-electron chi connectivity index (χ2n) is 4.74. The Balaban J connectivity index is 2.06. The zero-order valence-electron chi connectivity index (χ0n) is 11.1. The van der Waals surface area contributed by atoms with Crippen LogP contribution in [0, 0.1) is 0 Å². The lowest BCUT2D eigenvalue weighted by Crippen LogP contribution is -2.50. The fraction of sp³-hybridized carbons (Fsp3) is 0.583. The molecule has 1 aromatic rings. The first-order valence-electron chi connectivity index (χ1n) is 6.11. The normalized spacial score (nSPS) is 18.3. The van der Waals surface area contributed by atoms with Crippen LogP contribution in [0.15, 0.2) is 12.5 Å². The number of carbonyl (C=O) groups excluding carboxylic acids is 1. The van der Waals surface area contributed by atoms with Gasteiger partial charge in [0.15, 0.2) is 0 Å². The van der Waals surface area contributed by atoms with Crippen LogP contribution in [0.5, 0.6) is 0 Å². The third-order valence-electron chi connectivity index (χ3n) is 3.73. The van der Waals surface area contributed by atoms with Gasteiger partial charge < -0.3 is 15.2 Å². The molecule has 0 unspecified atom stereocenters. The highest BCUT2D eigenvalue weighted by Crippen LogP contribution is 2.35. The Bertz CT molecular complexity index is 492. The Hall–Kier alpha value is -1.08. The molecule has 0 bridgehead atoms. The first kappa shape index (κ1) is 14.3. The lowest BCUT2D eigenvalue weighted by Gasteiger charge is -2.40. The minimum atomic E-state index is -0.154. The molecule has 0 spiro atoms. The quantitative estimate of drug-likeness (QED) is 0.845. The number of nitrogens with zero attached hydrogens (tertiary/aromatic N) is 3. The van der Waals surface area contributed by atoms with Crippen molar-refractivity contribution >= 4 is 34.9 Å².